The molecular weight excluding hydrogens is 145 g/mol. The van der Waals surface area contributed by atoms with Gasteiger partial charge in [0.05, 0.1) is 0 Å². The molecule has 0 unspecified atom stereocenters. The van der Waals surface area contributed by atoms with Crippen LogP contribution < -0.4 is 0 Å². The van der Waals surface area contributed by atoms with Crippen LogP contribution in [-0.4, -0.2) is 15.4 Å². The molecule has 0 heterocycles. The molecule has 0 aliphatic carbocycles. The molecule has 0 fully saturated rings. The fourth-order valence-corrected chi connectivity index (χ4v) is 3.46. The van der Waals surface area contributed by atoms with E-state index in [1.165, 1.54) is 0 Å². The summed E-state index contributed by atoms with van der Waals surface area (Å²) in [4.78, 5) is 0. The van der Waals surface area contributed by atoms with E-state index in [1.807, 2.05) is 0 Å². The van der Waals surface area contributed by atoms with Crippen molar-refractivity contribution in [2.45, 2.75) is 37.2 Å². The molecule has 0 spiro atoms. The monoisotopic (exact) mass is 160 g/mol. The second-order valence-electron chi connectivity index (χ2n) is 2.48. The van der Waals surface area contributed by atoms with Gasteiger partial charge in [-0.2, -0.15) is 0 Å². The van der Waals surface area contributed by atoms with Gasteiger partial charge >= 0.3 is 52.6 Å². The van der Waals surface area contributed by atoms with Crippen molar-refractivity contribution in [1.29, 1.82) is 0 Å². The molecule has 0 amide bonds. The molecule has 0 aliphatic rings. The van der Waals surface area contributed by atoms with Crippen molar-refractivity contribution in [1.82, 2.24) is 0 Å². The molecule has 0 N–H and O–H groups in total. The summed E-state index contributed by atoms with van der Waals surface area (Å²) in [5, 5.41) is 0. The van der Waals surface area contributed by atoms with Crippen molar-refractivity contribution < 1.29 is 0 Å². The molecule has 0 saturated heterocycles. The Bertz CT molecular complexity index is 33.4. The molecule has 0 aromatic carbocycles. The van der Waals surface area contributed by atoms with Crippen molar-refractivity contribution in [3.8, 4) is 0 Å². The van der Waals surface area contributed by atoms with Gasteiger partial charge in [0.25, 0.3) is 0 Å². The van der Waals surface area contributed by atoms with Gasteiger partial charge in [0.2, 0.25) is 0 Å². The molecule has 0 aromatic heterocycles. The van der Waals surface area contributed by atoms with Crippen LogP contribution >= 0.6 is 0 Å². The molecule has 2 radical (unpaired) electrons. The predicted molar refractivity (Wildman–Crippen MR) is 35.9 cm³/mol. The first-order chi connectivity index (χ1) is 3.13. The van der Waals surface area contributed by atoms with E-state index in [9.17, 15) is 0 Å². The van der Waals surface area contributed by atoms with E-state index in [1.54, 1.807) is 0 Å². The van der Waals surface area contributed by atoms with E-state index >= 15 is 0 Å². The summed E-state index contributed by atoms with van der Waals surface area (Å²) < 4.78 is 2.00. The van der Waals surface area contributed by atoms with Crippen LogP contribution in [0.4, 0.5) is 0 Å². The Kier molecular flexibility index (Phi) is 3.81. The summed E-state index contributed by atoms with van der Waals surface area (Å²) in [6.07, 6.45) is 0. The van der Waals surface area contributed by atoms with Gasteiger partial charge < -0.3 is 0 Å². The fourth-order valence-electron chi connectivity index (χ4n) is 0.667. The molecule has 0 nitrogen and oxygen atoms in total. The van der Waals surface area contributed by atoms with Gasteiger partial charge in [-0.1, -0.05) is 0 Å². The SMILES string of the molecule is C[CH](C)[Ge][CH](C)C. The van der Waals surface area contributed by atoms with Crippen LogP contribution in [0.3, 0.4) is 0 Å². The van der Waals surface area contributed by atoms with Crippen LogP contribution in [0.2, 0.25) is 9.50 Å². The summed E-state index contributed by atoms with van der Waals surface area (Å²) in [7, 11) is 0. The van der Waals surface area contributed by atoms with Crippen LogP contribution in [0.15, 0.2) is 0 Å². The van der Waals surface area contributed by atoms with Crippen LogP contribution in [-0.2, 0) is 0 Å². The normalized spacial score (nSPS) is 11.1. The van der Waals surface area contributed by atoms with Crippen LogP contribution in [0.5, 0.6) is 0 Å². The first kappa shape index (κ1) is 7.54. The van der Waals surface area contributed by atoms with Crippen molar-refractivity contribution in [3.05, 3.63) is 0 Å². The first-order valence-electron chi connectivity index (χ1n) is 2.89. The summed E-state index contributed by atoms with van der Waals surface area (Å²) >= 11 is 0.389. The van der Waals surface area contributed by atoms with E-state index in [2.05, 4.69) is 27.7 Å². The zero-order valence-electron chi connectivity index (χ0n) is 5.65. The second-order valence-corrected chi connectivity index (χ2v) is 8.02. The predicted octanol–water partition coefficient (Wildman–Crippen LogP) is 2.35. The summed E-state index contributed by atoms with van der Waals surface area (Å²) in [6.45, 7) is 9.28. The minimum absolute atomic E-state index is 0.389. The summed E-state index contributed by atoms with van der Waals surface area (Å²) in [5.41, 5.74) is 0. The summed E-state index contributed by atoms with van der Waals surface area (Å²) in [5.74, 6) is 0. The quantitative estimate of drug-likeness (QED) is 0.542. The van der Waals surface area contributed by atoms with E-state index in [0.29, 0.717) is 15.4 Å². The molecule has 0 atom stereocenters. The molecule has 0 aliphatic heterocycles. The van der Waals surface area contributed by atoms with Crippen LogP contribution in [0.1, 0.15) is 27.7 Å². The Morgan fingerprint density at radius 1 is 0.857 bits per heavy atom. The van der Waals surface area contributed by atoms with Crippen molar-refractivity contribution in [2.75, 3.05) is 0 Å². The van der Waals surface area contributed by atoms with Gasteiger partial charge in [0, 0.05) is 0 Å². The van der Waals surface area contributed by atoms with Crippen LogP contribution in [0.25, 0.3) is 0 Å². The second kappa shape index (κ2) is 3.53. The van der Waals surface area contributed by atoms with E-state index in [0.717, 1.165) is 9.50 Å². The zero-order chi connectivity index (χ0) is 5.86. The fraction of sp³-hybridized carbons (Fsp3) is 1.00. The third-order valence-electron chi connectivity index (χ3n) is 0.667. The average molecular weight is 159 g/mol. The molecule has 0 aromatic rings. The molecule has 0 bridgehead atoms. The topological polar surface area (TPSA) is 0 Å². The maximum absolute atomic E-state index is 2.32. The standard InChI is InChI=1S/C6H14Ge/c1-5(2)7-6(3)4/h5-6H,1-4H3. The Morgan fingerprint density at radius 3 is 1.14 bits per heavy atom. The molecule has 42 valence electrons. The van der Waals surface area contributed by atoms with Gasteiger partial charge in [0.15, 0.2) is 0 Å². The Balaban J connectivity index is 2.95. The van der Waals surface area contributed by atoms with Crippen molar-refractivity contribution in [3.63, 3.8) is 0 Å². The van der Waals surface area contributed by atoms with Gasteiger partial charge in [-0.3, -0.25) is 0 Å². The Hall–Kier alpha value is 0.543. The number of rotatable bonds is 2. The summed E-state index contributed by atoms with van der Waals surface area (Å²) in [6, 6.07) is 0. The third-order valence-corrected chi connectivity index (χ3v) is 3.46. The molecule has 1 heteroatoms. The molecular formula is C6H14Ge. The zero-order valence-corrected chi connectivity index (χ0v) is 7.75. The van der Waals surface area contributed by atoms with Gasteiger partial charge in [-0.05, 0) is 0 Å². The van der Waals surface area contributed by atoms with Gasteiger partial charge in [-0.25, -0.2) is 0 Å². The number of hydrogen-bond donors (Lipinski definition) is 0. The first-order valence-corrected chi connectivity index (χ1v) is 5.31. The van der Waals surface area contributed by atoms with Gasteiger partial charge in [0.1, 0.15) is 0 Å². The molecule has 7 heavy (non-hydrogen) atoms. The average Bonchev–Trinajstić information content (AvgIpc) is 1.27. The minimum atomic E-state index is 0.389. The van der Waals surface area contributed by atoms with Crippen molar-refractivity contribution in [2.24, 2.45) is 0 Å². The Labute approximate surface area is 53.2 Å². The number of hydrogen-bond acceptors (Lipinski definition) is 0. The van der Waals surface area contributed by atoms with E-state index < -0.39 is 0 Å². The third kappa shape index (κ3) is 6.54. The van der Waals surface area contributed by atoms with Crippen LogP contribution in [0, 0.1) is 0 Å². The van der Waals surface area contributed by atoms with E-state index in [-0.39, 0.29) is 0 Å². The van der Waals surface area contributed by atoms with E-state index in [4.69, 9.17) is 0 Å². The van der Waals surface area contributed by atoms with Gasteiger partial charge in [-0.15, -0.1) is 0 Å². The Morgan fingerprint density at radius 2 is 1.14 bits per heavy atom. The maximum atomic E-state index is 2.32. The molecule has 0 rings (SSSR count). The van der Waals surface area contributed by atoms with Crippen molar-refractivity contribution >= 4 is 15.4 Å². The molecule has 0 saturated carbocycles.